The molecule has 0 unspecified atom stereocenters. The number of carbonyl (C=O) groups excluding carboxylic acids is 1. The number of carbonyl (C=O) groups is 1. The second kappa shape index (κ2) is 6.55. The topological polar surface area (TPSA) is 64.7 Å². The smallest absolute Gasteiger partial charge is 0.277 e. The summed E-state index contributed by atoms with van der Waals surface area (Å²) in [6, 6.07) is 7.57. The Kier molecular flexibility index (Phi) is 4.49. The average Bonchev–Trinajstić information content (AvgIpc) is 3.05. The third-order valence-corrected chi connectivity index (χ3v) is 3.94. The molecule has 8 heteroatoms. The third-order valence-electron chi connectivity index (χ3n) is 3.12. The summed E-state index contributed by atoms with van der Waals surface area (Å²) in [5.74, 6) is -0.292. The van der Waals surface area contributed by atoms with E-state index in [0.29, 0.717) is 27.4 Å². The van der Waals surface area contributed by atoms with Crippen LogP contribution in [0.5, 0.6) is 0 Å². The summed E-state index contributed by atoms with van der Waals surface area (Å²) in [6.07, 6.45) is 5.08. The predicted octanol–water partition coefficient (Wildman–Crippen LogP) is 3.33. The van der Waals surface area contributed by atoms with Crippen LogP contribution in [-0.4, -0.2) is 25.5 Å². The Morgan fingerprint density at radius 2 is 2.22 bits per heavy atom. The van der Waals surface area contributed by atoms with Crippen LogP contribution in [0.2, 0.25) is 5.02 Å². The van der Waals surface area contributed by atoms with Gasteiger partial charge in [0.1, 0.15) is 0 Å². The number of hydrogen-bond acceptors (Lipinski definition) is 3. The number of rotatable bonds is 4. The first kappa shape index (κ1) is 15.8. The van der Waals surface area contributed by atoms with Crippen molar-refractivity contribution in [1.29, 1.82) is 0 Å². The molecule has 0 aliphatic rings. The summed E-state index contributed by atoms with van der Waals surface area (Å²) >= 11 is 9.28. The molecule has 0 radical (unpaired) electrons. The largest absolute Gasteiger partial charge is 0.318 e. The molecule has 1 aromatic carbocycles. The minimum absolute atomic E-state index is 0.292. The van der Waals surface area contributed by atoms with E-state index in [-0.39, 0.29) is 5.91 Å². The molecule has 2 heterocycles. The number of amides is 1. The zero-order chi connectivity index (χ0) is 16.4. The normalized spacial score (nSPS) is 10.7. The van der Waals surface area contributed by atoms with E-state index >= 15 is 0 Å². The summed E-state index contributed by atoms with van der Waals surface area (Å²) in [6.45, 7) is 0.573. The maximum Gasteiger partial charge on any atom is 0.277 e. The second-order valence-corrected chi connectivity index (χ2v) is 6.30. The van der Waals surface area contributed by atoms with Crippen LogP contribution in [0, 0.1) is 0 Å². The quantitative estimate of drug-likeness (QED) is 0.738. The fourth-order valence-corrected chi connectivity index (χ4v) is 2.91. The summed E-state index contributed by atoms with van der Waals surface area (Å²) in [4.78, 5) is 12.2. The van der Waals surface area contributed by atoms with Crippen molar-refractivity contribution in [3.05, 3.63) is 63.6 Å². The number of benzene rings is 1. The van der Waals surface area contributed by atoms with Crippen LogP contribution in [0.1, 0.15) is 16.1 Å². The molecule has 0 atom stereocenters. The van der Waals surface area contributed by atoms with Gasteiger partial charge < -0.3 is 5.32 Å². The average molecular weight is 395 g/mol. The van der Waals surface area contributed by atoms with Crippen LogP contribution in [0.3, 0.4) is 0 Å². The Bertz CT molecular complexity index is 857. The molecule has 0 saturated carbocycles. The van der Waals surface area contributed by atoms with E-state index in [0.717, 1.165) is 5.56 Å². The summed E-state index contributed by atoms with van der Waals surface area (Å²) in [5, 5.41) is 11.8. The van der Waals surface area contributed by atoms with Crippen molar-refractivity contribution in [1.82, 2.24) is 19.6 Å². The minimum Gasteiger partial charge on any atom is -0.318 e. The fraction of sp³-hybridized carbons (Fsp3) is 0.133. The van der Waals surface area contributed by atoms with Crippen molar-refractivity contribution in [3.8, 4) is 0 Å². The molecule has 0 saturated heterocycles. The first-order valence-corrected chi connectivity index (χ1v) is 7.96. The van der Waals surface area contributed by atoms with Gasteiger partial charge in [-0.1, -0.05) is 23.7 Å². The lowest BCUT2D eigenvalue weighted by atomic mass is 10.2. The van der Waals surface area contributed by atoms with E-state index in [1.807, 2.05) is 24.3 Å². The van der Waals surface area contributed by atoms with Gasteiger partial charge in [-0.2, -0.15) is 10.2 Å². The molecule has 3 rings (SSSR count). The van der Waals surface area contributed by atoms with Crippen LogP contribution in [-0.2, 0) is 13.6 Å². The van der Waals surface area contributed by atoms with Gasteiger partial charge in [0.15, 0.2) is 5.69 Å². The van der Waals surface area contributed by atoms with Gasteiger partial charge in [-0.25, -0.2) is 0 Å². The van der Waals surface area contributed by atoms with E-state index in [9.17, 15) is 4.79 Å². The lowest BCUT2D eigenvalue weighted by molar-refractivity contribution is 0.102. The highest BCUT2D eigenvalue weighted by atomic mass is 79.9. The summed E-state index contributed by atoms with van der Waals surface area (Å²) in [7, 11) is 1.75. The van der Waals surface area contributed by atoms with Crippen molar-refractivity contribution in [2.24, 2.45) is 7.05 Å². The number of hydrogen-bond donors (Lipinski definition) is 1. The second-order valence-electron chi connectivity index (χ2n) is 5.01. The van der Waals surface area contributed by atoms with E-state index in [1.54, 1.807) is 35.0 Å². The molecule has 1 amide bonds. The lowest BCUT2D eigenvalue weighted by Gasteiger charge is -2.02. The van der Waals surface area contributed by atoms with Gasteiger partial charge in [-0.15, -0.1) is 0 Å². The van der Waals surface area contributed by atoms with Gasteiger partial charge in [-0.05, 0) is 33.6 Å². The van der Waals surface area contributed by atoms with E-state index in [2.05, 4.69) is 31.4 Å². The maximum absolute atomic E-state index is 12.2. The fourth-order valence-electron chi connectivity index (χ4n) is 2.14. The monoisotopic (exact) mass is 393 g/mol. The molecule has 0 aliphatic heterocycles. The van der Waals surface area contributed by atoms with E-state index in [4.69, 9.17) is 11.6 Å². The number of anilines is 1. The van der Waals surface area contributed by atoms with Gasteiger partial charge in [0.25, 0.3) is 5.91 Å². The number of aromatic nitrogens is 4. The van der Waals surface area contributed by atoms with Gasteiger partial charge in [0, 0.05) is 24.5 Å². The molecule has 23 heavy (non-hydrogen) atoms. The number of aryl methyl sites for hydroxylation is 1. The molecule has 3 aromatic rings. The lowest BCUT2D eigenvalue weighted by Crippen LogP contribution is -2.13. The Balaban J connectivity index is 1.70. The molecule has 1 N–H and O–H groups in total. The Morgan fingerprint density at radius 3 is 2.91 bits per heavy atom. The predicted molar refractivity (Wildman–Crippen MR) is 91.6 cm³/mol. The Morgan fingerprint density at radius 1 is 1.39 bits per heavy atom. The third kappa shape index (κ3) is 3.80. The van der Waals surface area contributed by atoms with Crippen LogP contribution in [0.25, 0.3) is 0 Å². The maximum atomic E-state index is 12.2. The first-order chi connectivity index (χ1) is 11.0. The molecule has 118 valence electrons. The molecule has 0 bridgehead atoms. The highest BCUT2D eigenvalue weighted by molar-refractivity contribution is 9.10. The van der Waals surface area contributed by atoms with Crippen LogP contribution < -0.4 is 5.32 Å². The molecule has 6 nitrogen and oxygen atoms in total. The SMILES string of the molecule is Cn1cc(Br)c(C(=O)Nc2cnn(Cc3cccc(Cl)c3)c2)n1. The number of halogens is 2. The molecular formula is C15H13BrClN5O. The Labute approximate surface area is 146 Å². The van der Waals surface area contributed by atoms with E-state index in [1.165, 1.54) is 0 Å². The summed E-state index contributed by atoms with van der Waals surface area (Å²) < 4.78 is 3.94. The molecule has 0 fully saturated rings. The standard InChI is InChI=1S/C15H13BrClN5O/c1-21-9-13(16)14(20-21)15(23)19-12-6-18-22(8-12)7-10-3-2-4-11(17)5-10/h2-6,8-9H,7H2,1H3,(H,19,23). The highest BCUT2D eigenvalue weighted by Crippen LogP contribution is 2.17. The van der Waals surface area contributed by atoms with Crippen molar-refractivity contribution < 1.29 is 4.79 Å². The molecule has 0 aliphatic carbocycles. The van der Waals surface area contributed by atoms with E-state index < -0.39 is 0 Å². The van der Waals surface area contributed by atoms with Crippen LogP contribution in [0.15, 0.2) is 47.3 Å². The van der Waals surface area contributed by atoms with Crippen molar-refractivity contribution in [3.63, 3.8) is 0 Å². The number of nitrogens with zero attached hydrogens (tertiary/aromatic N) is 4. The number of nitrogens with one attached hydrogen (secondary N) is 1. The van der Waals surface area contributed by atoms with Crippen molar-refractivity contribution in [2.75, 3.05) is 5.32 Å². The van der Waals surface area contributed by atoms with Crippen LogP contribution in [0.4, 0.5) is 5.69 Å². The van der Waals surface area contributed by atoms with Gasteiger partial charge in [-0.3, -0.25) is 14.2 Å². The highest BCUT2D eigenvalue weighted by Gasteiger charge is 2.15. The van der Waals surface area contributed by atoms with Crippen molar-refractivity contribution in [2.45, 2.75) is 6.54 Å². The van der Waals surface area contributed by atoms with Gasteiger partial charge in [0.05, 0.1) is 22.9 Å². The molecular weight excluding hydrogens is 382 g/mol. The zero-order valence-corrected chi connectivity index (χ0v) is 14.5. The first-order valence-electron chi connectivity index (χ1n) is 6.78. The summed E-state index contributed by atoms with van der Waals surface area (Å²) in [5.41, 5.74) is 1.97. The Hall–Kier alpha value is -2.12. The van der Waals surface area contributed by atoms with Crippen LogP contribution >= 0.6 is 27.5 Å². The van der Waals surface area contributed by atoms with Crippen molar-refractivity contribution >= 4 is 39.1 Å². The molecule has 0 spiro atoms. The van der Waals surface area contributed by atoms with Gasteiger partial charge >= 0.3 is 0 Å². The molecule has 2 aromatic heterocycles. The minimum atomic E-state index is -0.292. The van der Waals surface area contributed by atoms with Gasteiger partial charge in [0.2, 0.25) is 0 Å². The zero-order valence-electron chi connectivity index (χ0n) is 12.2.